The minimum Gasteiger partial charge on any atom is -0.499 e. The fraction of sp³-hybridized carbons (Fsp3) is 0.125. The number of hydrogen-bond donors (Lipinski definition) is 2. The number of nitro groups is 2. The number of nitrogens with zero attached hydrogens (tertiary/aromatic N) is 2. The van der Waals surface area contributed by atoms with Crippen molar-refractivity contribution in [2.24, 2.45) is 0 Å². The largest absolute Gasteiger partial charge is 0.499 e. The molecule has 0 aliphatic carbocycles. The maximum atomic E-state index is 11.3. The Hall–Kier alpha value is -2.91. The van der Waals surface area contributed by atoms with Gasteiger partial charge < -0.3 is 14.9 Å². The number of cyclic esters (lactones) is 1. The fourth-order valence-electron chi connectivity index (χ4n) is 1.69. The molecule has 18 heavy (non-hydrogen) atoms. The van der Waals surface area contributed by atoms with Gasteiger partial charge in [-0.1, -0.05) is 0 Å². The van der Waals surface area contributed by atoms with Gasteiger partial charge >= 0.3 is 17.3 Å². The summed E-state index contributed by atoms with van der Waals surface area (Å²) in [7, 11) is 0. The molecule has 94 valence electrons. The smallest absolute Gasteiger partial charge is 0.346 e. The minimum absolute atomic E-state index is 0.424. The average Bonchev–Trinajstić information content (AvgIpc) is 2.61. The van der Waals surface area contributed by atoms with Crippen molar-refractivity contribution in [2.45, 2.75) is 6.61 Å². The molecule has 1 heterocycles. The molecule has 1 aromatic rings. The molecule has 0 radical (unpaired) electrons. The molecule has 0 spiro atoms. The first-order valence-electron chi connectivity index (χ1n) is 4.43. The summed E-state index contributed by atoms with van der Waals surface area (Å²) in [5.74, 6) is -3.75. The standard InChI is InChI=1S/C8H4N2O8/c11-6-4(9(14)15)2-1-18-8(13)3(2)5(7(6)12)10(16)17/h11-12H,1H2. The van der Waals surface area contributed by atoms with Crippen molar-refractivity contribution >= 4 is 17.3 Å². The van der Waals surface area contributed by atoms with E-state index < -0.39 is 56.4 Å². The summed E-state index contributed by atoms with van der Waals surface area (Å²) in [6.45, 7) is -0.570. The third-order valence-electron chi connectivity index (χ3n) is 2.41. The predicted molar refractivity (Wildman–Crippen MR) is 52.2 cm³/mol. The maximum absolute atomic E-state index is 11.3. The Labute approximate surface area is 97.3 Å². The Morgan fingerprint density at radius 2 is 1.56 bits per heavy atom. The van der Waals surface area contributed by atoms with E-state index in [1.165, 1.54) is 0 Å². The van der Waals surface area contributed by atoms with Crippen LogP contribution in [0.2, 0.25) is 0 Å². The van der Waals surface area contributed by atoms with E-state index in [1.807, 2.05) is 0 Å². The Kier molecular flexibility index (Phi) is 2.28. The van der Waals surface area contributed by atoms with Gasteiger partial charge in [-0.25, -0.2) is 4.79 Å². The Bertz CT molecular complexity index is 608. The van der Waals surface area contributed by atoms with Gasteiger partial charge in [0.15, 0.2) is 5.56 Å². The lowest BCUT2D eigenvalue weighted by atomic mass is 10.0. The van der Waals surface area contributed by atoms with Crippen molar-refractivity contribution in [3.05, 3.63) is 31.4 Å². The Morgan fingerprint density at radius 1 is 1.06 bits per heavy atom. The van der Waals surface area contributed by atoms with Crippen LogP contribution in [0.4, 0.5) is 11.4 Å². The van der Waals surface area contributed by atoms with Crippen LogP contribution in [-0.4, -0.2) is 26.0 Å². The lowest BCUT2D eigenvalue weighted by Gasteiger charge is -2.04. The van der Waals surface area contributed by atoms with Gasteiger partial charge in [0.1, 0.15) is 6.61 Å². The van der Waals surface area contributed by atoms with Crippen LogP contribution in [0.15, 0.2) is 0 Å². The van der Waals surface area contributed by atoms with Crippen molar-refractivity contribution in [2.75, 3.05) is 0 Å². The zero-order valence-electron chi connectivity index (χ0n) is 8.45. The molecular weight excluding hydrogens is 252 g/mol. The monoisotopic (exact) mass is 256 g/mol. The normalized spacial score (nSPS) is 13.0. The number of ether oxygens (including phenoxy) is 1. The number of carbonyl (C=O) groups excluding carboxylic acids is 1. The number of aromatic hydroxyl groups is 2. The Balaban J connectivity index is 2.94. The van der Waals surface area contributed by atoms with Crippen LogP contribution < -0.4 is 0 Å². The second-order valence-electron chi connectivity index (χ2n) is 3.34. The van der Waals surface area contributed by atoms with E-state index in [-0.39, 0.29) is 0 Å². The number of benzene rings is 1. The van der Waals surface area contributed by atoms with E-state index in [1.54, 1.807) is 0 Å². The number of phenols is 2. The molecule has 2 rings (SSSR count). The van der Waals surface area contributed by atoms with Crippen LogP contribution >= 0.6 is 0 Å². The van der Waals surface area contributed by atoms with Gasteiger partial charge in [0.25, 0.3) is 0 Å². The summed E-state index contributed by atoms with van der Waals surface area (Å²) < 4.78 is 4.44. The average molecular weight is 256 g/mol. The van der Waals surface area contributed by atoms with Crippen LogP contribution in [0.1, 0.15) is 15.9 Å². The number of phenolic OH excluding ortho intramolecular Hbond substituents is 2. The van der Waals surface area contributed by atoms with Crippen LogP contribution in [0, 0.1) is 20.2 Å². The highest BCUT2D eigenvalue weighted by atomic mass is 16.6. The van der Waals surface area contributed by atoms with E-state index in [4.69, 9.17) is 0 Å². The summed E-state index contributed by atoms with van der Waals surface area (Å²) >= 11 is 0. The number of rotatable bonds is 2. The molecule has 0 saturated carbocycles. The topological polar surface area (TPSA) is 153 Å². The van der Waals surface area contributed by atoms with E-state index in [0.29, 0.717) is 0 Å². The van der Waals surface area contributed by atoms with Crippen LogP contribution in [0.3, 0.4) is 0 Å². The molecule has 0 atom stereocenters. The van der Waals surface area contributed by atoms with Gasteiger partial charge in [-0.3, -0.25) is 20.2 Å². The molecule has 0 unspecified atom stereocenters. The van der Waals surface area contributed by atoms with Crippen molar-refractivity contribution in [1.82, 2.24) is 0 Å². The van der Waals surface area contributed by atoms with Gasteiger partial charge in [0, 0.05) is 0 Å². The highest BCUT2D eigenvalue weighted by Gasteiger charge is 2.43. The quantitative estimate of drug-likeness (QED) is 0.337. The van der Waals surface area contributed by atoms with Gasteiger partial charge in [0.05, 0.1) is 15.4 Å². The molecule has 1 aliphatic heterocycles. The van der Waals surface area contributed by atoms with Crippen molar-refractivity contribution < 1.29 is 29.6 Å². The minimum atomic E-state index is -1.33. The van der Waals surface area contributed by atoms with Crippen LogP contribution in [0.5, 0.6) is 11.5 Å². The molecule has 10 heteroatoms. The van der Waals surface area contributed by atoms with Crippen molar-refractivity contribution in [3.63, 3.8) is 0 Å². The summed E-state index contributed by atoms with van der Waals surface area (Å²) in [6, 6.07) is 0. The van der Waals surface area contributed by atoms with E-state index in [9.17, 15) is 35.2 Å². The summed E-state index contributed by atoms with van der Waals surface area (Å²) in [4.78, 5) is 30.5. The van der Waals surface area contributed by atoms with Crippen LogP contribution in [0.25, 0.3) is 0 Å². The van der Waals surface area contributed by atoms with Gasteiger partial charge in [0.2, 0.25) is 11.5 Å². The summed E-state index contributed by atoms with van der Waals surface area (Å²) in [6.07, 6.45) is 0. The van der Waals surface area contributed by atoms with Crippen LogP contribution in [-0.2, 0) is 11.3 Å². The molecule has 0 fully saturated rings. The lowest BCUT2D eigenvalue weighted by Crippen LogP contribution is -2.04. The van der Waals surface area contributed by atoms with Gasteiger partial charge in [-0.15, -0.1) is 0 Å². The third-order valence-corrected chi connectivity index (χ3v) is 2.41. The molecule has 1 aromatic carbocycles. The maximum Gasteiger partial charge on any atom is 0.346 e. The van der Waals surface area contributed by atoms with E-state index in [0.717, 1.165) is 0 Å². The zero-order valence-corrected chi connectivity index (χ0v) is 8.45. The summed E-state index contributed by atoms with van der Waals surface area (Å²) in [5.41, 5.74) is -3.21. The number of esters is 1. The number of carbonyl (C=O) groups is 1. The molecule has 1 aliphatic rings. The van der Waals surface area contributed by atoms with Crippen molar-refractivity contribution in [3.8, 4) is 11.5 Å². The van der Waals surface area contributed by atoms with Crippen molar-refractivity contribution in [1.29, 1.82) is 0 Å². The van der Waals surface area contributed by atoms with E-state index in [2.05, 4.69) is 4.74 Å². The zero-order chi connectivity index (χ0) is 13.6. The number of nitro benzene ring substituents is 2. The van der Waals surface area contributed by atoms with E-state index >= 15 is 0 Å². The highest BCUT2D eigenvalue weighted by molar-refractivity contribution is 6.01. The molecule has 10 nitrogen and oxygen atoms in total. The molecule has 0 bridgehead atoms. The third kappa shape index (κ3) is 1.32. The molecular formula is C8H4N2O8. The molecule has 0 aromatic heterocycles. The Morgan fingerprint density at radius 3 is 2.06 bits per heavy atom. The fourth-order valence-corrected chi connectivity index (χ4v) is 1.69. The molecule has 0 saturated heterocycles. The summed E-state index contributed by atoms with van der Waals surface area (Å²) in [5, 5.41) is 40.2. The molecule has 0 amide bonds. The van der Waals surface area contributed by atoms with Gasteiger partial charge in [-0.2, -0.15) is 0 Å². The highest BCUT2D eigenvalue weighted by Crippen LogP contribution is 2.49. The lowest BCUT2D eigenvalue weighted by molar-refractivity contribution is -0.391. The SMILES string of the molecule is O=C1OCc2c1c([N+](=O)[O-])c(O)c(O)c2[N+](=O)[O-]. The first-order valence-corrected chi connectivity index (χ1v) is 4.43. The first kappa shape index (κ1) is 11.6. The second-order valence-corrected chi connectivity index (χ2v) is 3.34. The first-order chi connectivity index (χ1) is 8.36. The number of hydrogen-bond acceptors (Lipinski definition) is 8. The second kappa shape index (κ2) is 3.55. The number of fused-ring (bicyclic) bond motifs is 1. The molecule has 2 N–H and O–H groups in total. The van der Waals surface area contributed by atoms with Gasteiger partial charge in [-0.05, 0) is 0 Å². The predicted octanol–water partition coefficient (Wildman–Crippen LogP) is 0.585.